The third-order valence-electron chi connectivity index (χ3n) is 5.91. The van der Waals surface area contributed by atoms with Crippen LogP contribution in [0, 0.1) is 6.92 Å². The van der Waals surface area contributed by atoms with Crippen molar-refractivity contribution in [3.8, 4) is 5.75 Å². The van der Waals surface area contributed by atoms with E-state index in [0.717, 1.165) is 10.1 Å². The molecule has 0 bridgehead atoms. The highest BCUT2D eigenvalue weighted by Crippen LogP contribution is 2.35. The maximum absolute atomic E-state index is 13.9. The number of nitrogens with two attached hydrogens (primary N) is 1. The monoisotopic (exact) mass is 511 g/mol. The maximum atomic E-state index is 13.9. The summed E-state index contributed by atoms with van der Waals surface area (Å²) in [5, 5.41) is 3.79. The molecule has 0 aliphatic rings. The van der Waals surface area contributed by atoms with Crippen molar-refractivity contribution in [1.82, 2.24) is 14.5 Å². The van der Waals surface area contributed by atoms with Crippen LogP contribution in [0.5, 0.6) is 5.75 Å². The van der Waals surface area contributed by atoms with E-state index in [-0.39, 0.29) is 12.6 Å². The minimum Gasteiger partial charge on any atom is -0.496 e. The Morgan fingerprint density at radius 2 is 1.97 bits per heavy atom. The number of rotatable bonds is 9. The fourth-order valence-corrected chi connectivity index (χ4v) is 5.16. The third kappa shape index (κ3) is 5.13. The van der Waals surface area contributed by atoms with Crippen molar-refractivity contribution in [2.24, 2.45) is 10.7 Å². The lowest BCUT2D eigenvalue weighted by Crippen LogP contribution is -2.56. The standard InChI is InChI=1S/C26H33N5O4S/c1-16(2)29-24(33)26(4,5)31-22(32)20-17(3)21(28-14-9-13-27)36-23(20)30(25(31)34)15-12-18-10-7-8-11-19(18)35-6/h7-11,13-14,16H,12,15,27H2,1-6H3,(H,29,33). The summed E-state index contributed by atoms with van der Waals surface area (Å²) in [4.78, 5) is 45.6. The van der Waals surface area contributed by atoms with Gasteiger partial charge in [0.05, 0.1) is 12.5 Å². The molecule has 192 valence electrons. The number of allylic oxidation sites excluding steroid dienone is 1. The van der Waals surface area contributed by atoms with Crippen LogP contribution in [-0.2, 0) is 23.3 Å². The van der Waals surface area contributed by atoms with Gasteiger partial charge in [0, 0.05) is 24.4 Å². The summed E-state index contributed by atoms with van der Waals surface area (Å²) in [6, 6.07) is 7.44. The number of aryl methyl sites for hydroxylation is 3. The quantitative estimate of drug-likeness (QED) is 0.428. The van der Waals surface area contributed by atoms with Gasteiger partial charge in [-0.1, -0.05) is 29.5 Å². The van der Waals surface area contributed by atoms with Gasteiger partial charge in [0.25, 0.3) is 5.56 Å². The number of amides is 1. The summed E-state index contributed by atoms with van der Waals surface area (Å²) in [7, 11) is 1.60. The lowest BCUT2D eigenvalue weighted by molar-refractivity contribution is -0.129. The predicted octanol–water partition coefficient (Wildman–Crippen LogP) is 3.22. The van der Waals surface area contributed by atoms with Crippen LogP contribution in [-0.4, -0.2) is 34.4 Å². The molecule has 0 fully saturated rings. The number of aromatic nitrogens is 2. The highest BCUT2D eigenvalue weighted by Gasteiger charge is 2.35. The van der Waals surface area contributed by atoms with Crippen molar-refractivity contribution in [2.75, 3.05) is 7.11 Å². The van der Waals surface area contributed by atoms with Crippen molar-refractivity contribution in [2.45, 2.75) is 59.2 Å². The molecule has 2 heterocycles. The molecule has 3 N–H and O–H groups in total. The molecule has 0 atom stereocenters. The second-order valence-corrected chi connectivity index (χ2v) is 10.2. The second-order valence-electron chi connectivity index (χ2n) is 9.20. The molecule has 1 aromatic carbocycles. The lowest BCUT2D eigenvalue weighted by atomic mass is 10.0. The average molecular weight is 512 g/mol. The number of fused-ring (bicyclic) bond motifs is 1. The van der Waals surface area contributed by atoms with Crippen LogP contribution < -0.4 is 27.0 Å². The molecule has 3 rings (SSSR count). The van der Waals surface area contributed by atoms with Crippen LogP contribution in [0.25, 0.3) is 10.2 Å². The number of benzene rings is 1. The number of ether oxygens (including phenoxy) is 1. The van der Waals surface area contributed by atoms with E-state index in [0.29, 0.717) is 33.0 Å². The minimum absolute atomic E-state index is 0.150. The highest BCUT2D eigenvalue weighted by molar-refractivity contribution is 7.22. The van der Waals surface area contributed by atoms with E-state index in [2.05, 4.69) is 10.3 Å². The van der Waals surface area contributed by atoms with E-state index in [1.165, 1.54) is 23.8 Å². The predicted molar refractivity (Wildman–Crippen MR) is 146 cm³/mol. The molecule has 1 amide bonds. The number of carbonyl (C=O) groups is 1. The Kier molecular flexibility index (Phi) is 8.19. The molecule has 0 saturated carbocycles. The molecule has 36 heavy (non-hydrogen) atoms. The number of aliphatic imine (C=N–C) groups is 1. The van der Waals surface area contributed by atoms with Crippen LogP contribution in [0.3, 0.4) is 0 Å². The van der Waals surface area contributed by atoms with E-state index in [9.17, 15) is 14.4 Å². The summed E-state index contributed by atoms with van der Waals surface area (Å²) in [5.41, 5.74) is 4.49. The Labute approximate surface area is 213 Å². The van der Waals surface area contributed by atoms with Gasteiger partial charge in [-0.25, -0.2) is 14.4 Å². The molecular formula is C26H33N5O4S. The van der Waals surface area contributed by atoms with Gasteiger partial charge in [0.1, 0.15) is 21.1 Å². The van der Waals surface area contributed by atoms with Gasteiger partial charge in [0.15, 0.2) is 0 Å². The number of thiophene rings is 1. The zero-order valence-corrected chi connectivity index (χ0v) is 22.3. The van der Waals surface area contributed by atoms with Gasteiger partial charge in [-0.15, -0.1) is 0 Å². The molecule has 0 unspecified atom stereocenters. The van der Waals surface area contributed by atoms with Crippen LogP contribution in [0.2, 0.25) is 0 Å². The van der Waals surface area contributed by atoms with Crippen LogP contribution in [0.15, 0.2) is 51.1 Å². The second kappa shape index (κ2) is 10.9. The molecule has 0 radical (unpaired) electrons. The smallest absolute Gasteiger partial charge is 0.333 e. The van der Waals surface area contributed by atoms with Crippen LogP contribution in [0.4, 0.5) is 5.00 Å². The Balaban J connectivity index is 2.28. The first kappa shape index (κ1) is 26.9. The fraction of sp³-hybridized carbons (Fsp3) is 0.385. The molecule has 0 saturated heterocycles. The molecule has 0 aliphatic carbocycles. The van der Waals surface area contributed by atoms with Crippen molar-refractivity contribution in [3.63, 3.8) is 0 Å². The van der Waals surface area contributed by atoms with Gasteiger partial charge < -0.3 is 15.8 Å². The number of nitrogens with zero attached hydrogens (tertiary/aromatic N) is 3. The zero-order valence-electron chi connectivity index (χ0n) is 21.5. The Bertz CT molecular complexity index is 1440. The maximum Gasteiger partial charge on any atom is 0.333 e. The molecular weight excluding hydrogens is 478 g/mol. The van der Waals surface area contributed by atoms with Gasteiger partial charge >= 0.3 is 5.69 Å². The van der Waals surface area contributed by atoms with E-state index < -0.39 is 22.7 Å². The van der Waals surface area contributed by atoms with Crippen LogP contribution >= 0.6 is 11.3 Å². The van der Waals surface area contributed by atoms with Crippen molar-refractivity contribution in [3.05, 3.63) is 68.5 Å². The first-order valence-corrected chi connectivity index (χ1v) is 12.5. The lowest BCUT2D eigenvalue weighted by Gasteiger charge is -2.27. The number of nitrogens with one attached hydrogen (secondary N) is 1. The van der Waals surface area contributed by atoms with Crippen molar-refractivity contribution >= 4 is 38.7 Å². The van der Waals surface area contributed by atoms with Gasteiger partial charge in [-0.2, -0.15) is 0 Å². The van der Waals surface area contributed by atoms with Gasteiger partial charge in [0.2, 0.25) is 5.91 Å². The van der Waals surface area contributed by atoms with E-state index >= 15 is 0 Å². The Hall–Kier alpha value is -3.66. The number of carbonyl (C=O) groups excluding carboxylic acids is 1. The number of hydrogen-bond acceptors (Lipinski definition) is 7. The van der Waals surface area contributed by atoms with Gasteiger partial charge in [-0.3, -0.25) is 14.2 Å². The fourth-order valence-electron chi connectivity index (χ4n) is 3.99. The summed E-state index contributed by atoms with van der Waals surface area (Å²) in [5.74, 6) is 0.305. The summed E-state index contributed by atoms with van der Waals surface area (Å²) >= 11 is 1.26. The molecule has 3 aromatic rings. The average Bonchev–Trinajstić information content (AvgIpc) is 3.15. The Morgan fingerprint density at radius 3 is 2.61 bits per heavy atom. The SMILES string of the molecule is COc1ccccc1CCn1c(=O)n(C(C)(C)C(=O)NC(C)C)c(=O)c2c(C)c(N=CC=CN)sc21. The first-order valence-electron chi connectivity index (χ1n) is 11.7. The topological polar surface area (TPSA) is 121 Å². The first-order chi connectivity index (χ1) is 17.0. The summed E-state index contributed by atoms with van der Waals surface area (Å²) in [6.07, 6.45) is 4.96. The summed E-state index contributed by atoms with van der Waals surface area (Å²) in [6.45, 7) is 8.89. The number of hydrogen-bond donors (Lipinski definition) is 2. The molecule has 10 heteroatoms. The van der Waals surface area contributed by atoms with Crippen molar-refractivity contribution < 1.29 is 9.53 Å². The molecule has 2 aromatic heterocycles. The summed E-state index contributed by atoms with van der Waals surface area (Å²) < 4.78 is 8.08. The normalized spacial score (nSPS) is 12.3. The minimum atomic E-state index is -1.42. The third-order valence-corrected chi connectivity index (χ3v) is 7.13. The van der Waals surface area contributed by atoms with E-state index in [1.54, 1.807) is 38.5 Å². The van der Waals surface area contributed by atoms with E-state index in [4.69, 9.17) is 10.5 Å². The molecule has 0 aliphatic heterocycles. The van der Waals surface area contributed by atoms with Crippen molar-refractivity contribution in [1.29, 1.82) is 0 Å². The van der Waals surface area contributed by atoms with Gasteiger partial charge in [-0.05, 0) is 64.9 Å². The Morgan fingerprint density at radius 1 is 1.28 bits per heavy atom. The van der Waals surface area contributed by atoms with Crippen LogP contribution in [0.1, 0.15) is 38.8 Å². The zero-order chi connectivity index (χ0) is 26.6. The molecule has 0 spiro atoms. The van der Waals surface area contributed by atoms with E-state index in [1.807, 2.05) is 38.1 Å². The number of para-hydroxylation sites is 1. The molecule has 9 nitrogen and oxygen atoms in total. The highest BCUT2D eigenvalue weighted by atomic mass is 32.1. The number of methoxy groups -OCH3 is 1. The largest absolute Gasteiger partial charge is 0.496 e.